The van der Waals surface area contributed by atoms with Crippen molar-refractivity contribution in [2.24, 2.45) is 7.05 Å². The Morgan fingerprint density at radius 1 is 1.04 bits per heavy atom. The van der Waals surface area contributed by atoms with E-state index in [1.165, 1.54) is 18.5 Å². The number of fused-ring (bicyclic) bond motifs is 1. The molecule has 0 aliphatic heterocycles. The van der Waals surface area contributed by atoms with E-state index in [4.69, 9.17) is 0 Å². The van der Waals surface area contributed by atoms with Gasteiger partial charge in [-0.2, -0.15) is 9.50 Å². The van der Waals surface area contributed by atoms with E-state index in [-0.39, 0.29) is 0 Å². The van der Waals surface area contributed by atoms with E-state index in [9.17, 15) is 0 Å². The van der Waals surface area contributed by atoms with E-state index < -0.39 is 0 Å². The molecule has 0 spiro atoms. The van der Waals surface area contributed by atoms with E-state index in [1.54, 1.807) is 0 Å². The molecule has 0 saturated heterocycles. The molecule has 0 amide bonds. The van der Waals surface area contributed by atoms with E-state index in [0.29, 0.717) is 23.3 Å². The second kappa shape index (κ2) is 6.06. The highest BCUT2D eigenvalue weighted by atomic mass is 15.3. The molecule has 6 nitrogen and oxygen atoms in total. The van der Waals surface area contributed by atoms with Crippen LogP contribution in [0.25, 0.3) is 17.0 Å². The Bertz CT molecular complexity index is 1200. The summed E-state index contributed by atoms with van der Waals surface area (Å²) in [7, 11) is 1.94. The number of hydrogen-bond acceptors (Lipinski definition) is 4. The molecule has 1 aliphatic rings. The number of aromatic nitrogens is 6. The lowest BCUT2D eigenvalue weighted by Gasteiger charge is -2.01. The SMILES string of the molecule is Cc1cc(C2CC2)n2nc(C#Cc3nc(-c4ccccc4)cn3C)nc2n1. The molecule has 132 valence electrons. The molecule has 1 fully saturated rings. The van der Waals surface area contributed by atoms with Crippen LogP contribution < -0.4 is 0 Å². The first kappa shape index (κ1) is 15.8. The normalized spacial score (nSPS) is 13.6. The van der Waals surface area contributed by atoms with Crippen LogP contribution in [0.3, 0.4) is 0 Å². The average molecular weight is 354 g/mol. The van der Waals surface area contributed by atoms with Crippen molar-refractivity contribution in [3.8, 4) is 23.1 Å². The van der Waals surface area contributed by atoms with Crippen molar-refractivity contribution in [1.29, 1.82) is 0 Å². The number of imidazole rings is 1. The van der Waals surface area contributed by atoms with Crippen LogP contribution in [-0.4, -0.2) is 29.1 Å². The van der Waals surface area contributed by atoms with Gasteiger partial charge in [-0.25, -0.2) is 9.97 Å². The molecule has 1 aliphatic carbocycles. The van der Waals surface area contributed by atoms with Crippen molar-refractivity contribution in [3.05, 3.63) is 65.6 Å². The minimum absolute atomic E-state index is 0.472. The Kier molecular flexibility index (Phi) is 3.54. The third kappa shape index (κ3) is 2.97. The van der Waals surface area contributed by atoms with Crippen molar-refractivity contribution in [2.45, 2.75) is 25.7 Å². The number of hydrogen-bond donors (Lipinski definition) is 0. The first-order valence-corrected chi connectivity index (χ1v) is 9.02. The van der Waals surface area contributed by atoms with Gasteiger partial charge in [0, 0.05) is 30.4 Å². The Morgan fingerprint density at radius 2 is 1.85 bits per heavy atom. The lowest BCUT2D eigenvalue weighted by Crippen LogP contribution is -2.00. The monoisotopic (exact) mass is 354 g/mol. The molecular weight excluding hydrogens is 336 g/mol. The molecule has 3 aromatic heterocycles. The standard InChI is InChI=1S/C21H18N6/c1-14-12-18(16-8-9-16)27-21(22-14)24-19(25-27)10-11-20-23-17(13-26(20)2)15-6-4-3-5-7-15/h3-7,12-13,16H,8-9H2,1-2H3. The van der Waals surface area contributed by atoms with Crippen LogP contribution in [0.4, 0.5) is 0 Å². The number of benzene rings is 1. The first-order valence-electron chi connectivity index (χ1n) is 9.02. The highest BCUT2D eigenvalue weighted by Crippen LogP contribution is 2.39. The molecule has 4 aromatic rings. The van der Waals surface area contributed by atoms with Crippen LogP contribution >= 0.6 is 0 Å². The van der Waals surface area contributed by atoms with Crippen LogP contribution in [0.15, 0.2) is 42.6 Å². The largest absolute Gasteiger partial charge is 0.327 e. The zero-order chi connectivity index (χ0) is 18.4. The second-order valence-electron chi connectivity index (χ2n) is 6.92. The summed E-state index contributed by atoms with van der Waals surface area (Å²) >= 11 is 0. The Morgan fingerprint density at radius 3 is 2.63 bits per heavy atom. The molecule has 0 radical (unpaired) electrons. The van der Waals surface area contributed by atoms with E-state index >= 15 is 0 Å². The predicted molar refractivity (Wildman–Crippen MR) is 102 cm³/mol. The van der Waals surface area contributed by atoms with Gasteiger partial charge in [-0.15, -0.1) is 5.10 Å². The summed E-state index contributed by atoms with van der Waals surface area (Å²) in [6.07, 6.45) is 4.39. The second-order valence-corrected chi connectivity index (χ2v) is 6.92. The van der Waals surface area contributed by atoms with Crippen molar-refractivity contribution >= 4 is 5.78 Å². The van der Waals surface area contributed by atoms with Crippen molar-refractivity contribution in [1.82, 2.24) is 29.1 Å². The van der Waals surface area contributed by atoms with Crippen LogP contribution in [0, 0.1) is 18.8 Å². The summed E-state index contributed by atoms with van der Waals surface area (Å²) in [5.74, 6) is 8.48. The molecule has 6 heteroatoms. The van der Waals surface area contributed by atoms with Crippen LogP contribution in [0.2, 0.25) is 0 Å². The number of nitrogens with zero attached hydrogens (tertiary/aromatic N) is 6. The predicted octanol–water partition coefficient (Wildman–Crippen LogP) is 3.11. The van der Waals surface area contributed by atoms with Crippen molar-refractivity contribution in [2.75, 3.05) is 0 Å². The third-order valence-corrected chi connectivity index (χ3v) is 4.70. The van der Waals surface area contributed by atoms with Gasteiger partial charge < -0.3 is 4.57 Å². The van der Waals surface area contributed by atoms with Gasteiger partial charge in [0.1, 0.15) is 0 Å². The molecule has 0 unspecified atom stereocenters. The minimum Gasteiger partial charge on any atom is -0.327 e. The summed E-state index contributed by atoms with van der Waals surface area (Å²) in [5.41, 5.74) is 4.12. The maximum absolute atomic E-state index is 4.63. The van der Waals surface area contributed by atoms with Crippen LogP contribution in [0.1, 0.15) is 41.8 Å². The van der Waals surface area contributed by atoms with Gasteiger partial charge in [0.25, 0.3) is 5.78 Å². The minimum atomic E-state index is 0.472. The van der Waals surface area contributed by atoms with Gasteiger partial charge in [0.05, 0.1) is 11.4 Å². The lowest BCUT2D eigenvalue weighted by atomic mass is 10.2. The van der Waals surface area contributed by atoms with Gasteiger partial charge in [-0.05, 0) is 37.7 Å². The number of rotatable bonds is 2. The summed E-state index contributed by atoms with van der Waals surface area (Å²) in [4.78, 5) is 13.6. The molecule has 5 rings (SSSR count). The van der Waals surface area contributed by atoms with Crippen LogP contribution in [0.5, 0.6) is 0 Å². The molecule has 0 bridgehead atoms. The molecule has 0 N–H and O–H groups in total. The molecule has 3 heterocycles. The van der Waals surface area contributed by atoms with Gasteiger partial charge in [0.2, 0.25) is 5.82 Å². The first-order chi connectivity index (χ1) is 13.2. The smallest absolute Gasteiger partial charge is 0.253 e. The van der Waals surface area contributed by atoms with Gasteiger partial charge in [-0.3, -0.25) is 0 Å². The van der Waals surface area contributed by atoms with E-state index in [0.717, 1.165) is 17.0 Å². The zero-order valence-corrected chi connectivity index (χ0v) is 15.2. The van der Waals surface area contributed by atoms with E-state index in [1.807, 2.05) is 59.6 Å². The maximum atomic E-state index is 4.63. The lowest BCUT2D eigenvalue weighted by molar-refractivity contribution is 0.831. The quantitative estimate of drug-likeness (QED) is 0.519. The molecule has 0 atom stereocenters. The van der Waals surface area contributed by atoms with E-state index in [2.05, 4.69) is 38.0 Å². The van der Waals surface area contributed by atoms with Gasteiger partial charge >= 0.3 is 0 Å². The number of aryl methyl sites for hydroxylation is 2. The summed E-state index contributed by atoms with van der Waals surface area (Å²) in [6.45, 7) is 1.99. The molecule has 1 aromatic carbocycles. The summed E-state index contributed by atoms with van der Waals surface area (Å²) in [6, 6.07) is 12.2. The molecular formula is C21H18N6. The summed E-state index contributed by atoms with van der Waals surface area (Å²) in [5, 5.41) is 4.56. The zero-order valence-electron chi connectivity index (χ0n) is 15.2. The fraction of sp³-hybridized carbons (Fsp3) is 0.238. The summed E-state index contributed by atoms with van der Waals surface area (Å²) < 4.78 is 3.76. The molecule has 27 heavy (non-hydrogen) atoms. The Labute approximate surface area is 156 Å². The Hall–Kier alpha value is -3.46. The van der Waals surface area contributed by atoms with Crippen molar-refractivity contribution in [3.63, 3.8) is 0 Å². The maximum Gasteiger partial charge on any atom is 0.253 e. The fourth-order valence-corrected chi connectivity index (χ4v) is 3.18. The fourth-order valence-electron chi connectivity index (χ4n) is 3.18. The third-order valence-electron chi connectivity index (χ3n) is 4.70. The van der Waals surface area contributed by atoms with Gasteiger partial charge in [-0.1, -0.05) is 30.3 Å². The topological polar surface area (TPSA) is 60.9 Å². The Balaban J connectivity index is 1.51. The van der Waals surface area contributed by atoms with Gasteiger partial charge in [0.15, 0.2) is 5.82 Å². The highest BCUT2D eigenvalue weighted by Gasteiger charge is 2.27. The molecule has 1 saturated carbocycles. The van der Waals surface area contributed by atoms with Crippen molar-refractivity contribution < 1.29 is 0 Å². The average Bonchev–Trinajstić information content (AvgIpc) is 3.33. The highest BCUT2D eigenvalue weighted by molar-refractivity contribution is 5.59. The van der Waals surface area contributed by atoms with Crippen LogP contribution in [-0.2, 0) is 7.05 Å².